The van der Waals surface area contributed by atoms with Crippen LogP contribution in [0.5, 0.6) is 11.5 Å². The zero-order valence-electron chi connectivity index (χ0n) is 22.2. The molecule has 43 heavy (non-hydrogen) atoms. The van der Waals surface area contributed by atoms with E-state index in [0.717, 1.165) is 10.5 Å². The quantitative estimate of drug-likeness (QED) is 0.0864. The Balaban J connectivity index is 1.38. The van der Waals surface area contributed by atoms with Gasteiger partial charge in [-0.25, -0.2) is 9.69 Å². The van der Waals surface area contributed by atoms with Crippen LogP contribution in [0.1, 0.15) is 16.7 Å². The van der Waals surface area contributed by atoms with Crippen molar-refractivity contribution in [3.8, 4) is 11.5 Å². The first-order chi connectivity index (χ1) is 20.7. The lowest BCUT2D eigenvalue weighted by Gasteiger charge is -2.26. The molecule has 1 heterocycles. The largest absolute Gasteiger partial charge is 0.489 e. The molecule has 1 saturated heterocycles. The van der Waals surface area contributed by atoms with Gasteiger partial charge >= 0.3 is 6.03 Å². The number of carbonyl (C=O) groups excluding carboxylic acids is 3. The van der Waals surface area contributed by atoms with E-state index in [1.165, 1.54) is 18.2 Å². The number of hydrogen-bond acceptors (Lipinski definition) is 7. The zero-order valence-corrected chi connectivity index (χ0v) is 25.3. The number of benzene rings is 4. The Bertz CT molecular complexity index is 1740. The number of rotatable bonds is 9. The minimum absolute atomic E-state index is 0.0470. The predicted molar refractivity (Wildman–Crippen MR) is 165 cm³/mol. The van der Waals surface area contributed by atoms with Crippen molar-refractivity contribution < 1.29 is 28.8 Å². The maximum atomic E-state index is 13.5. The minimum Gasteiger partial charge on any atom is -0.489 e. The van der Waals surface area contributed by atoms with E-state index in [1.807, 2.05) is 30.3 Å². The van der Waals surface area contributed by atoms with E-state index >= 15 is 0 Å². The highest BCUT2D eigenvalue weighted by Gasteiger charge is 2.37. The van der Waals surface area contributed by atoms with Crippen LogP contribution in [0.15, 0.2) is 106 Å². The number of carbonyl (C=O) groups is 3. The third-order valence-corrected chi connectivity index (χ3v) is 7.36. The Morgan fingerprint density at radius 3 is 2.16 bits per heavy atom. The summed E-state index contributed by atoms with van der Waals surface area (Å²) >= 11 is 6.87. The van der Waals surface area contributed by atoms with Gasteiger partial charge < -0.3 is 9.47 Å². The van der Waals surface area contributed by atoms with Crippen LogP contribution in [-0.2, 0) is 22.8 Å². The van der Waals surface area contributed by atoms with Crippen LogP contribution in [0.2, 0.25) is 0 Å². The number of nitro groups is 1. The number of urea groups is 1. The van der Waals surface area contributed by atoms with Crippen molar-refractivity contribution in [2.45, 2.75) is 13.2 Å². The summed E-state index contributed by atoms with van der Waals surface area (Å²) in [5.41, 5.74) is 1.95. The topological polar surface area (TPSA) is 128 Å². The molecule has 4 aromatic rings. The Morgan fingerprint density at radius 1 is 0.837 bits per heavy atom. The molecule has 1 aliphatic heterocycles. The maximum absolute atomic E-state index is 13.5. The lowest BCUT2D eigenvalue weighted by Crippen LogP contribution is -2.54. The number of anilines is 1. The SMILES string of the molecule is O=C1NC(=O)N(c2ccc(OCc3ccccc3)cc2)C(=O)/C1=C/c1cc(Br)cc(Br)c1OCc1ccc([N+](=O)[O-])cc1. The summed E-state index contributed by atoms with van der Waals surface area (Å²) < 4.78 is 13.0. The van der Waals surface area contributed by atoms with Crippen molar-refractivity contribution in [1.29, 1.82) is 0 Å². The van der Waals surface area contributed by atoms with E-state index in [0.29, 0.717) is 38.2 Å². The lowest BCUT2D eigenvalue weighted by molar-refractivity contribution is -0.384. The second-order valence-electron chi connectivity index (χ2n) is 9.24. The molecule has 12 heteroatoms. The van der Waals surface area contributed by atoms with Crippen molar-refractivity contribution in [2.24, 2.45) is 0 Å². The molecule has 0 spiro atoms. The zero-order chi connectivity index (χ0) is 30.5. The molecular formula is C31H21Br2N3O7. The molecule has 5 rings (SSSR count). The summed E-state index contributed by atoms with van der Waals surface area (Å²) in [5.74, 6) is -0.813. The van der Waals surface area contributed by atoms with Crippen molar-refractivity contribution in [1.82, 2.24) is 5.32 Å². The number of nitro benzene ring substituents is 1. The van der Waals surface area contributed by atoms with Crippen molar-refractivity contribution >= 4 is 67.2 Å². The molecule has 0 aromatic heterocycles. The van der Waals surface area contributed by atoms with Gasteiger partial charge in [-0.1, -0.05) is 46.3 Å². The minimum atomic E-state index is -0.879. The monoisotopic (exact) mass is 705 g/mol. The first-order valence-corrected chi connectivity index (χ1v) is 14.3. The Labute approximate surface area is 262 Å². The van der Waals surface area contributed by atoms with Crippen LogP contribution in [-0.4, -0.2) is 22.8 Å². The summed E-state index contributed by atoms with van der Waals surface area (Å²) in [6, 6.07) is 24.4. The van der Waals surface area contributed by atoms with Gasteiger partial charge in [-0.2, -0.15) is 0 Å². The number of hydrogen-bond donors (Lipinski definition) is 1. The van der Waals surface area contributed by atoms with Crippen molar-refractivity contribution in [2.75, 3.05) is 4.90 Å². The summed E-state index contributed by atoms with van der Waals surface area (Å²) in [6.07, 6.45) is 1.34. The number of barbiturate groups is 1. The lowest BCUT2D eigenvalue weighted by atomic mass is 10.1. The summed E-state index contributed by atoms with van der Waals surface area (Å²) in [5, 5.41) is 13.2. The van der Waals surface area contributed by atoms with Gasteiger partial charge in [-0.3, -0.25) is 25.0 Å². The van der Waals surface area contributed by atoms with E-state index in [2.05, 4.69) is 37.2 Å². The van der Waals surface area contributed by atoms with Gasteiger partial charge in [-0.15, -0.1) is 0 Å². The van der Waals surface area contributed by atoms with Gasteiger partial charge in [-0.05, 0) is 81.7 Å². The van der Waals surface area contributed by atoms with Crippen molar-refractivity contribution in [3.63, 3.8) is 0 Å². The molecule has 4 amide bonds. The average Bonchev–Trinajstić information content (AvgIpc) is 2.99. The molecule has 4 aromatic carbocycles. The molecule has 10 nitrogen and oxygen atoms in total. The van der Waals surface area contributed by atoms with Crippen molar-refractivity contribution in [3.05, 3.63) is 132 Å². The summed E-state index contributed by atoms with van der Waals surface area (Å²) in [6.45, 7) is 0.402. The van der Waals surface area contributed by atoms with Crippen LogP contribution < -0.4 is 19.7 Å². The molecular weight excluding hydrogens is 686 g/mol. The molecule has 0 bridgehead atoms. The number of nitrogens with zero attached hydrogens (tertiary/aromatic N) is 2. The van der Waals surface area contributed by atoms with E-state index in [1.54, 1.807) is 48.5 Å². The number of halogens is 2. The van der Waals surface area contributed by atoms with Gasteiger partial charge in [0.2, 0.25) is 0 Å². The highest BCUT2D eigenvalue weighted by atomic mass is 79.9. The van der Waals surface area contributed by atoms with Gasteiger partial charge in [0.25, 0.3) is 17.5 Å². The maximum Gasteiger partial charge on any atom is 0.335 e. The van der Waals surface area contributed by atoms with E-state index < -0.39 is 22.8 Å². The normalized spacial score (nSPS) is 14.0. The van der Waals surface area contributed by atoms with Crippen LogP contribution in [0, 0.1) is 10.1 Å². The molecule has 0 radical (unpaired) electrons. The van der Waals surface area contributed by atoms with Gasteiger partial charge in [0.15, 0.2) is 0 Å². The predicted octanol–water partition coefficient (Wildman–Crippen LogP) is 6.94. The highest BCUT2D eigenvalue weighted by molar-refractivity contribution is 9.11. The fraction of sp³-hybridized carbons (Fsp3) is 0.0645. The Kier molecular flexibility index (Phi) is 8.98. The smallest absolute Gasteiger partial charge is 0.335 e. The fourth-order valence-electron chi connectivity index (χ4n) is 4.19. The van der Waals surface area contributed by atoms with Crippen LogP contribution in [0.25, 0.3) is 6.08 Å². The second-order valence-corrected chi connectivity index (χ2v) is 11.0. The molecule has 1 N–H and O–H groups in total. The molecule has 0 aliphatic carbocycles. The molecule has 1 fully saturated rings. The number of nitrogens with one attached hydrogen (secondary N) is 1. The molecule has 0 saturated carbocycles. The molecule has 1 aliphatic rings. The second kappa shape index (κ2) is 13.0. The van der Waals surface area contributed by atoms with Crippen LogP contribution in [0.4, 0.5) is 16.2 Å². The van der Waals surface area contributed by atoms with Gasteiger partial charge in [0.05, 0.1) is 15.1 Å². The number of non-ortho nitro benzene ring substituents is 1. The Hall–Kier alpha value is -4.81. The molecule has 0 atom stereocenters. The van der Waals surface area contributed by atoms with E-state index in [-0.39, 0.29) is 23.6 Å². The third kappa shape index (κ3) is 6.99. The summed E-state index contributed by atoms with van der Waals surface area (Å²) in [4.78, 5) is 50.4. The Morgan fingerprint density at radius 2 is 1.49 bits per heavy atom. The number of amides is 4. The number of ether oxygens (including phenoxy) is 2. The van der Waals surface area contributed by atoms with E-state index in [4.69, 9.17) is 9.47 Å². The molecule has 216 valence electrons. The first kappa shape index (κ1) is 29.7. The summed E-state index contributed by atoms with van der Waals surface area (Å²) in [7, 11) is 0. The number of imide groups is 2. The van der Waals surface area contributed by atoms with Gasteiger partial charge in [0, 0.05) is 22.2 Å². The van der Waals surface area contributed by atoms with Crippen LogP contribution >= 0.6 is 31.9 Å². The first-order valence-electron chi connectivity index (χ1n) is 12.7. The average molecular weight is 707 g/mol. The molecule has 0 unspecified atom stereocenters. The standard InChI is InChI=1S/C31H21Br2N3O7/c32-22-14-21(28(27(33)16-22)43-18-20-6-8-24(9-7-20)36(40)41)15-26-29(37)34-31(39)35(30(26)38)23-10-12-25(13-11-23)42-17-19-4-2-1-3-5-19/h1-16H,17-18H2,(H,34,37,39)/b26-15+. The van der Waals surface area contributed by atoms with Crippen LogP contribution in [0.3, 0.4) is 0 Å². The highest BCUT2D eigenvalue weighted by Crippen LogP contribution is 2.36. The van der Waals surface area contributed by atoms with Gasteiger partial charge in [0.1, 0.15) is 30.3 Å². The fourth-order valence-corrected chi connectivity index (χ4v) is 5.56. The van der Waals surface area contributed by atoms with E-state index in [9.17, 15) is 24.5 Å². The third-order valence-electron chi connectivity index (χ3n) is 6.31.